The van der Waals surface area contributed by atoms with Gasteiger partial charge in [-0.3, -0.25) is 4.79 Å². The minimum Gasteiger partial charge on any atom is -0.322 e. The summed E-state index contributed by atoms with van der Waals surface area (Å²) in [5, 5.41) is 4.42. The van der Waals surface area contributed by atoms with Crippen molar-refractivity contribution in [2.75, 3.05) is 5.32 Å². The smallest absolute Gasteiger partial charge is 0.256 e. The fourth-order valence-electron chi connectivity index (χ4n) is 3.15. The van der Waals surface area contributed by atoms with Crippen molar-refractivity contribution >= 4 is 34.1 Å². The van der Waals surface area contributed by atoms with E-state index in [2.05, 4.69) is 5.32 Å². The molecule has 0 aliphatic rings. The molecule has 138 valence electrons. The zero-order valence-corrected chi connectivity index (χ0v) is 16.4. The second-order valence-electron chi connectivity index (χ2n) is 6.86. The third kappa shape index (κ3) is 3.62. The van der Waals surface area contributed by atoms with Crippen molar-refractivity contribution in [1.82, 2.24) is 4.98 Å². The molecule has 3 aromatic carbocycles. The summed E-state index contributed by atoms with van der Waals surface area (Å²) in [6.07, 6.45) is 0. The molecule has 0 aliphatic carbocycles. The number of hydrogen-bond acceptors (Lipinski definition) is 2. The van der Waals surface area contributed by atoms with Crippen LogP contribution in [0.25, 0.3) is 22.2 Å². The van der Waals surface area contributed by atoms with Crippen molar-refractivity contribution in [3.05, 3.63) is 94.5 Å². The second kappa shape index (κ2) is 7.45. The second-order valence-corrected chi connectivity index (χ2v) is 7.27. The number of aryl methyl sites for hydroxylation is 2. The molecule has 1 heterocycles. The molecule has 1 aromatic heterocycles. The van der Waals surface area contributed by atoms with Gasteiger partial charge in [0.2, 0.25) is 0 Å². The number of anilines is 1. The Kier molecular flexibility index (Phi) is 4.84. The molecule has 0 radical (unpaired) electrons. The summed E-state index contributed by atoms with van der Waals surface area (Å²) >= 11 is 6.20. The Morgan fingerprint density at radius 3 is 2.46 bits per heavy atom. The van der Waals surface area contributed by atoms with Crippen LogP contribution in [-0.2, 0) is 0 Å². The van der Waals surface area contributed by atoms with Gasteiger partial charge in [-0.15, -0.1) is 0 Å². The number of pyridine rings is 1. The van der Waals surface area contributed by atoms with Crippen molar-refractivity contribution in [2.45, 2.75) is 13.8 Å². The lowest BCUT2D eigenvalue weighted by Crippen LogP contribution is -2.13. The first-order valence-electron chi connectivity index (χ1n) is 9.05. The SMILES string of the molecule is Cc1ccc2nc(-c3ccccc3)cc(C(=O)Nc3ccc(C)c(Cl)c3)c2c1. The summed E-state index contributed by atoms with van der Waals surface area (Å²) in [7, 11) is 0. The first-order chi connectivity index (χ1) is 13.5. The monoisotopic (exact) mass is 386 g/mol. The Morgan fingerprint density at radius 1 is 0.929 bits per heavy atom. The van der Waals surface area contributed by atoms with E-state index in [9.17, 15) is 4.79 Å². The summed E-state index contributed by atoms with van der Waals surface area (Å²) < 4.78 is 0. The normalized spacial score (nSPS) is 10.8. The fourth-order valence-corrected chi connectivity index (χ4v) is 3.33. The van der Waals surface area contributed by atoms with Crippen LogP contribution in [0.4, 0.5) is 5.69 Å². The first kappa shape index (κ1) is 18.2. The van der Waals surface area contributed by atoms with Crippen molar-refractivity contribution in [3.8, 4) is 11.3 Å². The van der Waals surface area contributed by atoms with Crippen LogP contribution < -0.4 is 5.32 Å². The molecule has 0 saturated carbocycles. The molecule has 4 heteroatoms. The van der Waals surface area contributed by atoms with Gasteiger partial charge in [0.1, 0.15) is 0 Å². The molecule has 28 heavy (non-hydrogen) atoms. The van der Waals surface area contributed by atoms with E-state index in [0.29, 0.717) is 16.3 Å². The molecular weight excluding hydrogens is 368 g/mol. The van der Waals surface area contributed by atoms with Gasteiger partial charge in [-0.05, 0) is 49.7 Å². The molecule has 4 rings (SSSR count). The fraction of sp³-hybridized carbons (Fsp3) is 0.0833. The molecule has 0 unspecified atom stereocenters. The van der Waals surface area contributed by atoms with E-state index >= 15 is 0 Å². The van der Waals surface area contributed by atoms with Crippen molar-refractivity contribution in [1.29, 1.82) is 0 Å². The Bertz CT molecular complexity index is 1190. The van der Waals surface area contributed by atoms with Crippen molar-refractivity contribution < 1.29 is 4.79 Å². The van der Waals surface area contributed by atoms with Crippen LogP contribution in [0, 0.1) is 13.8 Å². The Hall–Kier alpha value is -3.17. The number of benzene rings is 3. The quantitative estimate of drug-likeness (QED) is 0.441. The first-order valence-corrected chi connectivity index (χ1v) is 9.43. The van der Waals surface area contributed by atoms with Gasteiger partial charge in [0.05, 0.1) is 16.8 Å². The summed E-state index contributed by atoms with van der Waals surface area (Å²) in [6, 6.07) is 23.2. The van der Waals surface area contributed by atoms with Crippen LogP contribution in [0.1, 0.15) is 21.5 Å². The van der Waals surface area contributed by atoms with Crippen LogP contribution in [-0.4, -0.2) is 10.9 Å². The van der Waals surface area contributed by atoms with E-state index in [1.54, 1.807) is 6.07 Å². The number of nitrogens with zero attached hydrogens (tertiary/aromatic N) is 1. The van der Waals surface area contributed by atoms with Gasteiger partial charge in [0.15, 0.2) is 0 Å². The minimum absolute atomic E-state index is 0.185. The Morgan fingerprint density at radius 2 is 1.71 bits per heavy atom. The van der Waals surface area contributed by atoms with E-state index in [-0.39, 0.29) is 5.91 Å². The number of aromatic nitrogens is 1. The largest absolute Gasteiger partial charge is 0.322 e. The summed E-state index contributed by atoms with van der Waals surface area (Å²) in [6.45, 7) is 3.94. The molecule has 4 aromatic rings. The molecule has 0 aliphatic heterocycles. The van der Waals surface area contributed by atoms with Gasteiger partial charge in [-0.1, -0.05) is 59.6 Å². The Labute approximate surface area is 169 Å². The van der Waals surface area contributed by atoms with Gasteiger partial charge < -0.3 is 5.32 Å². The average Bonchev–Trinajstić information content (AvgIpc) is 2.70. The molecule has 1 N–H and O–H groups in total. The number of amides is 1. The van der Waals surface area contributed by atoms with Gasteiger partial charge in [-0.25, -0.2) is 4.98 Å². The van der Waals surface area contributed by atoms with Crippen molar-refractivity contribution in [3.63, 3.8) is 0 Å². The predicted molar refractivity (Wildman–Crippen MR) is 116 cm³/mol. The topological polar surface area (TPSA) is 42.0 Å². The van der Waals surface area contributed by atoms with Gasteiger partial charge in [0.25, 0.3) is 5.91 Å². The summed E-state index contributed by atoms with van der Waals surface area (Å²) in [4.78, 5) is 17.9. The highest BCUT2D eigenvalue weighted by Gasteiger charge is 2.15. The number of carbonyl (C=O) groups excluding carboxylic acids is 1. The number of rotatable bonds is 3. The van der Waals surface area contributed by atoms with E-state index < -0.39 is 0 Å². The summed E-state index contributed by atoms with van der Waals surface area (Å²) in [5.74, 6) is -0.185. The molecule has 0 spiro atoms. The Balaban J connectivity index is 1.82. The molecule has 1 amide bonds. The lowest BCUT2D eigenvalue weighted by molar-refractivity contribution is 0.102. The van der Waals surface area contributed by atoms with E-state index in [1.165, 1.54) is 0 Å². The maximum Gasteiger partial charge on any atom is 0.256 e. The maximum absolute atomic E-state index is 13.1. The predicted octanol–water partition coefficient (Wildman–Crippen LogP) is 6.42. The number of nitrogens with one attached hydrogen (secondary N) is 1. The zero-order chi connectivity index (χ0) is 19.7. The third-order valence-corrected chi connectivity index (χ3v) is 5.12. The minimum atomic E-state index is -0.185. The highest BCUT2D eigenvalue weighted by Crippen LogP contribution is 2.27. The molecule has 0 bridgehead atoms. The molecule has 0 atom stereocenters. The highest BCUT2D eigenvalue weighted by molar-refractivity contribution is 6.31. The van der Waals surface area contributed by atoms with Crippen LogP contribution >= 0.6 is 11.6 Å². The maximum atomic E-state index is 13.1. The van der Waals surface area contributed by atoms with Gasteiger partial charge >= 0.3 is 0 Å². The molecule has 0 saturated heterocycles. The number of halogens is 1. The molecule has 0 fully saturated rings. The highest BCUT2D eigenvalue weighted by atomic mass is 35.5. The van der Waals surface area contributed by atoms with Crippen LogP contribution in [0.15, 0.2) is 72.8 Å². The average molecular weight is 387 g/mol. The van der Waals surface area contributed by atoms with Crippen LogP contribution in [0.5, 0.6) is 0 Å². The van der Waals surface area contributed by atoms with E-state index in [1.807, 2.05) is 80.6 Å². The number of hydrogen-bond donors (Lipinski definition) is 1. The van der Waals surface area contributed by atoms with E-state index in [4.69, 9.17) is 16.6 Å². The number of carbonyl (C=O) groups is 1. The lowest BCUT2D eigenvalue weighted by atomic mass is 10.0. The number of fused-ring (bicyclic) bond motifs is 1. The van der Waals surface area contributed by atoms with Crippen LogP contribution in [0.3, 0.4) is 0 Å². The lowest BCUT2D eigenvalue weighted by Gasteiger charge is -2.12. The standard InChI is InChI=1S/C24H19ClN2O/c1-15-8-11-22-19(12-15)20(14-23(27-22)17-6-4-3-5-7-17)24(28)26-18-10-9-16(2)21(25)13-18/h3-14H,1-2H3,(H,26,28). The third-order valence-electron chi connectivity index (χ3n) is 4.71. The van der Waals surface area contributed by atoms with E-state index in [0.717, 1.165) is 33.3 Å². The van der Waals surface area contributed by atoms with Gasteiger partial charge in [-0.2, -0.15) is 0 Å². The van der Waals surface area contributed by atoms with Gasteiger partial charge in [0, 0.05) is 21.7 Å². The molecular formula is C24H19ClN2O. The molecule has 3 nitrogen and oxygen atoms in total. The summed E-state index contributed by atoms with van der Waals surface area (Å²) in [5.41, 5.74) is 5.83. The van der Waals surface area contributed by atoms with Crippen LogP contribution in [0.2, 0.25) is 5.02 Å². The van der Waals surface area contributed by atoms with Crippen molar-refractivity contribution in [2.24, 2.45) is 0 Å². The zero-order valence-electron chi connectivity index (χ0n) is 15.7.